The van der Waals surface area contributed by atoms with Crippen LogP contribution in [0.3, 0.4) is 0 Å². The van der Waals surface area contributed by atoms with Crippen molar-refractivity contribution in [2.24, 2.45) is 5.73 Å². The normalized spacial score (nSPS) is 15.6. The Morgan fingerprint density at radius 3 is 2.30 bits per heavy atom. The molecule has 1 rings (SSSR count). The van der Waals surface area contributed by atoms with Crippen LogP contribution in [0.2, 0.25) is 0 Å². The number of nitrogens with two attached hydrogens (primary N) is 1. The summed E-state index contributed by atoms with van der Waals surface area (Å²) in [5, 5.41) is 4.97. The van der Waals surface area contributed by atoms with Crippen LogP contribution in [0.25, 0.3) is 0 Å². The molecule has 0 aromatic heterocycles. The number of nitrogens with one attached hydrogen (secondary N) is 2. The Bertz CT molecular complexity index is 494. The topological polar surface area (TPSA) is 105 Å². The number of nitrogens with zero attached hydrogens (tertiary/aromatic N) is 1. The second-order valence-electron chi connectivity index (χ2n) is 6.75. The molecular weight excluding hydrogens is 365 g/mol. The molecule has 1 heterocycles. The molecule has 0 aliphatic carbocycles. The molecule has 1 aliphatic rings. The molecule has 0 bridgehead atoms. The van der Waals surface area contributed by atoms with Crippen molar-refractivity contribution in [2.75, 3.05) is 26.2 Å². The van der Waals surface area contributed by atoms with Gasteiger partial charge in [0.25, 0.3) is 0 Å². The molecule has 0 aromatic rings. The van der Waals surface area contributed by atoms with Gasteiger partial charge >= 0.3 is 6.18 Å². The molecule has 0 aromatic carbocycles. The summed E-state index contributed by atoms with van der Waals surface area (Å²) >= 11 is 0. The van der Waals surface area contributed by atoms with Crippen LogP contribution in [0.15, 0.2) is 0 Å². The molecule has 1 aliphatic heterocycles. The molecule has 0 unspecified atom stereocenters. The van der Waals surface area contributed by atoms with Gasteiger partial charge in [0.2, 0.25) is 17.7 Å². The number of likely N-dealkylation sites (tertiary alicyclic amines) is 1. The van der Waals surface area contributed by atoms with Crippen molar-refractivity contribution in [1.82, 2.24) is 15.5 Å². The number of hydrogen-bond donors (Lipinski definition) is 3. The highest BCUT2D eigenvalue weighted by molar-refractivity contribution is 5.83. The van der Waals surface area contributed by atoms with Gasteiger partial charge in [0, 0.05) is 25.9 Å². The molecule has 10 heteroatoms. The Balaban J connectivity index is 2.23. The Labute approximate surface area is 157 Å². The molecule has 7 nitrogen and oxygen atoms in total. The summed E-state index contributed by atoms with van der Waals surface area (Å²) in [6.07, 6.45) is -0.164. The molecule has 1 saturated heterocycles. The van der Waals surface area contributed by atoms with Crippen LogP contribution in [-0.2, 0) is 14.4 Å². The fourth-order valence-corrected chi connectivity index (χ4v) is 2.91. The minimum Gasteiger partial charge on any atom is -0.370 e. The fraction of sp³-hybridized carbons (Fsp3) is 0.824. The van der Waals surface area contributed by atoms with Gasteiger partial charge in [-0.05, 0) is 38.6 Å². The van der Waals surface area contributed by atoms with Gasteiger partial charge in [0.1, 0.15) is 6.54 Å². The van der Waals surface area contributed by atoms with Crippen LogP contribution < -0.4 is 16.4 Å². The van der Waals surface area contributed by atoms with Crippen molar-refractivity contribution in [1.29, 1.82) is 0 Å². The number of halogens is 3. The maximum absolute atomic E-state index is 12.5. The molecule has 1 fully saturated rings. The molecule has 1 atom stereocenters. The van der Waals surface area contributed by atoms with E-state index in [-0.39, 0.29) is 18.7 Å². The predicted molar refractivity (Wildman–Crippen MR) is 93.6 cm³/mol. The van der Waals surface area contributed by atoms with E-state index in [0.29, 0.717) is 32.2 Å². The third kappa shape index (κ3) is 10.8. The SMILES string of the molecule is NC(=O)CC[C@H](NCCCCCC(=O)NCC(F)(F)F)C(=O)N1CCCC1. The number of rotatable bonds is 12. The zero-order valence-corrected chi connectivity index (χ0v) is 15.4. The number of carbonyl (C=O) groups excluding carboxylic acids is 3. The van der Waals surface area contributed by atoms with Crippen molar-refractivity contribution in [2.45, 2.75) is 63.6 Å². The minimum absolute atomic E-state index is 0.0275. The van der Waals surface area contributed by atoms with Crippen molar-refractivity contribution >= 4 is 17.7 Å². The number of hydrogen-bond acceptors (Lipinski definition) is 4. The van der Waals surface area contributed by atoms with Crippen molar-refractivity contribution < 1.29 is 27.6 Å². The van der Waals surface area contributed by atoms with Gasteiger partial charge in [-0.1, -0.05) is 6.42 Å². The standard InChI is InChI=1S/C17H29F3N4O3/c18-17(19,20)12-23-15(26)6-2-1-3-9-22-13(7-8-14(21)25)16(27)24-10-4-5-11-24/h13,22H,1-12H2,(H2,21,25)(H,23,26)/t13-/m0/s1. The summed E-state index contributed by atoms with van der Waals surface area (Å²) < 4.78 is 36.0. The predicted octanol–water partition coefficient (Wildman–Crippen LogP) is 1.07. The number of unbranched alkanes of at least 4 members (excludes halogenated alkanes) is 2. The fourth-order valence-electron chi connectivity index (χ4n) is 2.91. The van der Waals surface area contributed by atoms with Gasteiger partial charge in [-0.2, -0.15) is 13.2 Å². The van der Waals surface area contributed by atoms with Crippen LogP contribution in [0.1, 0.15) is 51.4 Å². The first-order valence-electron chi connectivity index (χ1n) is 9.33. The van der Waals surface area contributed by atoms with Crippen molar-refractivity contribution in [3.63, 3.8) is 0 Å². The highest BCUT2D eigenvalue weighted by Crippen LogP contribution is 2.13. The molecule has 4 N–H and O–H groups in total. The maximum atomic E-state index is 12.5. The van der Waals surface area contributed by atoms with E-state index in [1.165, 1.54) is 0 Å². The largest absolute Gasteiger partial charge is 0.405 e. The van der Waals surface area contributed by atoms with E-state index in [9.17, 15) is 27.6 Å². The van der Waals surface area contributed by atoms with Gasteiger partial charge in [-0.15, -0.1) is 0 Å². The summed E-state index contributed by atoms with van der Waals surface area (Å²) in [6.45, 7) is 0.655. The van der Waals surface area contributed by atoms with Gasteiger partial charge in [-0.3, -0.25) is 14.4 Å². The van der Waals surface area contributed by atoms with Gasteiger partial charge < -0.3 is 21.3 Å². The Morgan fingerprint density at radius 2 is 1.70 bits per heavy atom. The van der Waals surface area contributed by atoms with E-state index in [1.807, 2.05) is 5.32 Å². The molecule has 0 spiro atoms. The molecule has 27 heavy (non-hydrogen) atoms. The first-order chi connectivity index (χ1) is 12.7. The maximum Gasteiger partial charge on any atom is 0.405 e. The summed E-state index contributed by atoms with van der Waals surface area (Å²) in [4.78, 5) is 36.6. The van der Waals surface area contributed by atoms with Crippen molar-refractivity contribution in [3.8, 4) is 0 Å². The zero-order valence-electron chi connectivity index (χ0n) is 15.4. The average Bonchev–Trinajstić information content (AvgIpc) is 3.11. The smallest absolute Gasteiger partial charge is 0.370 e. The van der Waals surface area contributed by atoms with E-state index >= 15 is 0 Å². The second kappa shape index (κ2) is 11.8. The molecule has 3 amide bonds. The molecular formula is C17H29F3N4O3. The summed E-state index contributed by atoms with van der Waals surface area (Å²) in [5.41, 5.74) is 5.17. The van der Waals surface area contributed by atoms with E-state index in [1.54, 1.807) is 4.90 Å². The quantitative estimate of drug-likeness (QED) is 0.431. The Hall–Kier alpha value is -1.84. The Morgan fingerprint density at radius 1 is 1.04 bits per heavy atom. The lowest BCUT2D eigenvalue weighted by Gasteiger charge is -2.24. The first-order valence-corrected chi connectivity index (χ1v) is 9.33. The van der Waals surface area contributed by atoms with Gasteiger partial charge in [0.05, 0.1) is 6.04 Å². The van der Waals surface area contributed by atoms with Crippen LogP contribution >= 0.6 is 0 Å². The van der Waals surface area contributed by atoms with E-state index in [4.69, 9.17) is 5.73 Å². The lowest BCUT2D eigenvalue weighted by atomic mass is 10.1. The lowest BCUT2D eigenvalue weighted by Crippen LogP contribution is -2.46. The zero-order chi connectivity index (χ0) is 20.3. The molecule has 0 radical (unpaired) electrons. The average molecular weight is 394 g/mol. The summed E-state index contributed by atoms with van der Waals surface area (Å²) in [5.74, 6) is -1.11. The summed E-state index contributed by atoms with van der Waals surface area (Å²) in [6, 6.07) is -0.467. The third-order valence-corrected chi connectivity index (χ3v) is 4.35. The summed E-state index contributed by atoms with van der Waals surface area (Å²) in [7, 11) is 0. The van der Waals surface area contributed by atoms with E-state index in [0.717, 1.165) is 25.9 Å². The Kier molecular flexibility index (Phi) is 10.1. The van der Waals surface area contributed by atoms with Crippen LogP contribution in [0.5, 0.6) is 0 Å². The van der Waals surface area contributed by atoms with Crippen molar-refractivity contribution in [3.05, 3.63) is 0 Å². The molecule has 156 valence electrons. The van der Waals surface area contributed by atoms with Crippen LogP contribution in [0.4, 0.5) is 13.2 Å². The second-order valence-corrected chi connectivity index (χ2v) is 6.75. The van der Waals surface area contributed by atoms with Gasteiger partial charge in [0.15, 0.2) is 0 Å². The highest BCUT2D eigenvalue weighted by Gasteiger charge is 2.28. The number of primary amides is 1. The number of alkyl halides is 3. The van der Waals surface area contributed by atoms with E-state index < -0.39 is 30.6 Å². The number of amides is 3. The van der Waals surface area contributed by atoms with Crippen LogP contribution in [-0.4, -0.2) is 61.0 Å². The monoisotopic (exact) mass is 394 g/mol. The third-order valence-electron chi connectivity index (χ3n) is 4.35. The first kappa shape index (κ1) is 23.2. The minimum atomic E-state index is -4.40. The molecule has 0 saturated carbocycles. The van der Waals surface area contributed by atoms with E-state index in [2.05, 4.69) is 5.32 Å². The lowest BCUT2D eigenvalue weighted by molar-refractivity contribution is -0.138. The van der Waals surface area contributed by atoms with Gasteiger partial charge in [-0.25, -0.2) is 0 Å². The van der Waals surface area contributed by atoms with Crippen LogP contribution in [0, 0.1) is 0 Å². The highest BCUT2D eigenvalue weighted by atomic mass is 19.4. The number of carbonyl (C=O) groups is 3.